The average Bonchev–Trinajstić information content (AvgIpc) is 3.16. The van der Waals surface area contributed by atoms with Crippen molar-refractivity contribution in [2.75, 3.05) is 19.8 Å². The van der Waals surface area contributed by atoms with Gasteiger partial charge in [0.1, 0.15) is 61.5 Å². The molecule has 4 aliphatic rings. The molecule has 4 heterocycles. The first-order chi connectivity index (χ1) is 27.8. The van der Waals surface area contributed by atoms with Gasteiger partial charge in [-0.1, -0.05) is 0 Å². The van der Waals surface area contributed by atoms with Crippen molar-refractivity contribution >= 4 is 35.6 Å². The number of amides is 3. The Kier molecular flexibility index (Phi) is 15.6. The highest BCUT2D eigenvalue weighted by Crippen LogP contribution is 2.41. The summed E-state index contributed by atoms with van der Waals surface area (Å²) < 4.78 is 33.2. The molecular formula is C33H51N3O24. The molecule has 60 heavy (non-hydrogen) atoms. The molecule has 342 valence electrons. The second kappa shape index (κ2) is 19.1. The second-order valence-corrected chi connectivity index (χ2v) is 15.0. The quantitative estimate of drug-likeness (QED) is 0.0679. The van der Waals surface area contributed by atoms with E-state index in [1.165, 1.54) is 0 Å². The van der Waals surface area contributed by atoms with Crippen LogP contribution in [0.1, 0.15) is 40.0 Å². The van der Waals surface area contributed by atoms with E-state index in [-0.39, 0.29) is 0 Å². The molecule has 18 atom stereocenters. The first-order valence-corrected chi connectivity index (χ1v) is 18.4. The molecule has 0 saturated carbocycles. The Labute approximate surface area is 338 Å². The predicted molar refractivity (Wildman–Crippen MR) is 184 cm³/mol. The van der Waals surface area contributed by atoms with E-state index in [1.54, 1.807) is 0 Å². The number of carbonyl (C=O) groups excluding carboxylic acids is 4. The summed E-state index contributed by atoms with van der Waals surface area (Å²) >= 11 is 0. The third-order valence-electron chi connectivity index (χ3n) is 10.4. The van der Waals surface area contributed by atoms with Crippen LogP contribution in [0.3, 0.4) is 0 Å². The molecule has 0 aromatic carbocycles. The zero-order chi connectivity index (χ0) is 45.2. The molecule has 0 aromatic heterocycles. The number of carboxylic acids is 2. The molecule has 0 radical (unpaired) electrons. The Morgan fingerprint density at radius 2 is 1.20 bits per heavy atom. The predicted octanol–water partition coefficient (Wildman–Crippen LogP) is -9.04. The highest BCUT2D eigenvalue weighted by atomic mass is 16.8. The zero-order valence-corrected chi connectivity index (χ0v) is 32.2. The molecule has 3 amide bonds. The van der Waals surface area contributed by atoms with Gasteiger partial charge in [0.05, 0.1) is 49.7 Å². The second-order valence-electron chi connectivity index (χ2n) is 15.0. The molecule has 4 aliphatic heterocycles. The average molecular weight is 874 g/mol. The summed E-state index contributed by atoms with van der Waals surface area (Å²) in [6.07, 6.45) is -28.2. The van der Waals surface area contributed by atoms with Crippen molar-refractivity contribution in [2.45, 2.75) is 149 Å². The van der Waals surface area contributed by atoms with Crippen LogP contribution in [0.2, 0.25) is 0 Å². The van der Waals surface area contributed by atoms with Crippen LogP contribution < -0.4 is 16.0 Å². The van der Waals surface area contributed by atoms with Gasteiger partial charge in [-0.25, -0.2) is 14.4 Å². The molecular weight excluding hydrogens is 822 g/mol. The zero-order valence-electron chi connectivity index (χ0n) is 32.2. The summed E-state index contributed by atoms with van der Waals surface area (Å²) in [6.45, 7) is -0.389. The largest absolute Gasteiger partial charge is 0.477 e. The van der Waals surface area contributed by atoms with Crippen molar-refractivity contribution < 1.29 is 118 Å². The minimum atomic E-state index is -3.17. The summed E-state index contributed by atoms with van der Waals surface area (Å²) in [4.78, 5) is 74.3. The lowest BCUT2D eigenvalue weighted by Crippen LogP contribution is -2.72. The maximum Gasteiger partial charge on any atom is 0.367 e. The first-order valence-electron chi connectivity index (χ1n) is 18.4. The van der Waals surface area contributed by atoms with E-state index < -0.39 is 183 Å². The van der Waals surface area contributed by atoms with Crippen LogP contribution in [0.5, 0.6) is 0 Å². The number of aliphatic hydroxyl groups excluding tert-OH is 9. The number of aliphatic hydroxyl groups is 10. The van der Waals surface area contributed by atoms with Gasteiger partial charge in [0.15, 0.2) is 0 Å². The number of hydrogen-bond acceptors (Lipinski definition) is 22. The number of hydrogen-bond donors (Lipinski definition) is 15. The topological polar surface area (TPSA) is 437 Å². The molecule has 0 aromatic rings. The summed E-state index contributed by atoms with van der Waals surface area (Å²) in [5.41, 5.74) is 0. The van der Waals surface area contributed by atoms with Crippen molar-refractivity contribution in [3.63, 3.8) is 0 Å². The van der Waals surface area contributed by atoms with Gasteiger partial charge in [-0.15, -0.1) is 0 Å². The Hall–Kier alpha value is -3.78. The lowest BCUT2D eigenvalue weighted by atomic mass is 9.86. The van der Waals surface area contributed by atoms with E-state index in [2.05, 4.69) is 16.0 Å². The summed E-state index contributed by atoms with van der Waals surface area (Å²) in [5, 5.41) is 134. The van der Waals surface area contributed by atoms with Gasteiger partial charge < -0.3 is 106 Å². The number of cyclic esters (lactones) is 1. The Morgan fingerprint density at radius 3 is 1.68 bits per heavy atom. The number of nitrogens with one attached hydrogen (secondary N) is 3. The van der Waals surface area contributed by atoms with Crippen molar-refractivity contribution in [3.8, 4) is 0 Å². The maximum absolute atomic E-state index is 13.5. The van der Waals surface area contributed by atoms with E-state index in [4.69, 9.17) is 28.4 Å². The van der Waals surface area contributed by atoms with E-state index in [0.717, 1.165) is 20.8 Å². The van der Waals surface area contributed by atoms with E-state index in [1.807, 2.05) is 0 Å². The van der Waals surface area contributed by atoms with Gasteiger partial charge in [0.2, 0.25) is 17.7 Å². The fourth-order valence-corrected chi connectivity index (χ4v) is 7.57. The van der Waals surface area contributed by atoms with Gasteiger partial charge in [-0.3, -0.25) is 14.4 Å². The monoisotopic (exact) mass is 873 g/mol. The third kappa shape index (κ3) is 10.1. The Bertz CT molecular complexity index is 1610. The van der Waals surface area contributed by atoms with Crippen LogP contribution in [0.25, 0.3) is 0 Å². The van der Waals surface area contributed by atoms with Crippen LogP contribution in [-0.4, -0.2) is 225 Å². The minimum Gasteiger partial charge on any atom is -0.477 e. The van der Waals surface area contributed by atoms with Gasteiger partial charge >= 0.3 is 17.9 Å². The molecule has 4 saturated heterocycles. The van der Waals surface area contributed by atoms with Crippen LogP contribution in [0, 0.1) is 0 Å². The van der Waals surface area contributed by atoms with E-state index in [9.17, 15) is 90.0 Å². The van der Waals surface area contributed by atoms with E-state index >= 15 is 0 Å². The fourth-order valence-electron chi connectivity index (χ4n) is 7.57. The maximum atomic E-state index is 13.5. The molecule has 4 rings (SSSR count). The van der Waals surface area contributed by atoms with Gasteiger partial charge in [-0.2, -0.15) is 0 Å². The number of rotatable bonds is 15. The van der Waals surface area contributed by atoms with Crippen LogP contribution in [-0.2, 0) is 57.2 Å². The molecule has 4 fully saturated rings. The number of carbonyl (C=O) groups is 6. The normalized spacial score (nSPS) is 39.6. The molecule has 27 heteroatoms. The van der Waals surface area contributed by atoms with Crippen molar-refractivity contribution in [3.05, 3.63) is 0 Å². The van der Waals surface area contributed by atoms with Crippen molar-refractivity contribution in [2.24, 2.45) is 0 Å². The summed E-state index contributed by atoms with van der Waals surface area (Å²) in [5.74, 6) is -17.1. The highest BCUT2D eigenvalue weighted by Gasteiger charge is 2.63. The van der Waals surface area contributed by atoms with Crippen molar-refractivity contribution in [1.29, 1.82) is 0 Å². The molecule has 0 aliphatic carbocycles. The molecule has 1 spiro atoms. The number of ether oxygens (including phenoxy) is 6. The summed E-state index contributed by atoms with van der Waals surface area (Å²) in [6, 6.07) is -5.01. The van der Waals surface area contributed by atoms with E-state index in [0.29, 0.717) is 0 Å². The van der Waals surface area contributed by atoms with Crippen molar-refractivity contribution in [1.82, 2.24) is 16.0 Å². The smallest absolute Gasteiger partial charge is 0.367 e. The van der Waals surface area contributed by atoms with Crippen LogP contribution in [0.4, 0.5) is 0 Å². The Balaban J connectivity index is 1.70. The molecule has 0 unspecified atom stereocenters. The molecule has 15 N–H and O–H groups in total. The van der Waals surface area contributed by atoms with Crippen LogP contribution in [0.15, 0.2) is 0 Å². The van der Waals surface area contributed by atoms with Gasteiger partial charge in [0.25, 0.3) is 17.4 Å². The van der Waals surface area contributed by atoms with Crippen LogP contribution >= 0.6 is 0 Å². The standard InChI is InChI=1S/C33H51N3O24/c1-10(39)34-19-13(42)4-31(54,28(49)50)58-26(19)24(48)18-9-55-30(53)33(57-18)6-15(44)21(36-12(3)41)27(60-33)23(47)17(8-38)56-32(29(51)52)5-14(43)20(35-11(2)40)25(59-32)22(46)16(45)7-37/h13-27,37-38,42-48,54H,4-9H2,1-3H3,(H,34,39)(H,35,40)(H,36,41)(H,49,50)(H,51,52)/t13-,14-,15-,16+,17-,18-,19+,20+,21+,22+,23+,24+,25+,26+,27+,31-,32+,33+/m0/s1. The first kappa shape index (κ1) is 48.9. The molecule has 27 nitrogen and oxygen atoms in total. The minimum absolute atomic E-state index is 0.798. The summed E-state index contributed by atoms with van der Waals surface area (Å²) in [7, 11) is 0. The lowest BCUT2D eigenvalue weighted by Gasteiger charge is -2.52. The lowest BCUT2D eigenvalue weighted by molar-refractivity contribution is -0.366. The fraction of sp³-hybridized carbons (Fsp3) is 0.818. The Morgan fingerprint density at radius 1 is 0.700 bits per heavy atom. The number of aliphatic carboxylic acids is 2. The van der Waals surface area contributed by atoms with Gasteiger partial charge in [-0.05, 0) is 0 Å². The third-order valence-corrected chi connectivity index (χ3v) is 10.4. The SMILES string of the molecule is CC(=O)N[C@H]1[C@H]([C@H](O)[C@H](O)CO)O[C@@](O[C@@H](CO)[C@@H](O)[C@@H]2O[C@@]3(C[C@H](O)[C@H]2NC(C)=O)O[C@H]([C@@H](O)[C@@H]2O[C@](O)(C(=O)O)C[C@H](O)[C@H]2NC(C)=O)COC3=O)(C(=O)O)C[C@@H]1O. The van der Waals surface area contributed by atoms with Gasteiger partial charge in [0, 0.05) is 40.0 Å². The number of esters is 1. The highest BCUT2D eigenvalue weighted by molar-refractivity contribution is 5.79. The number of carboxylic acid groups (broad SMARTS) is 2. The molecule has 0 bridgehead atoms.